The molecule has 0 aromatic heterocycles. The minimum Gasteiger partial charge on any atom is -0.481 e. The summed E-state index contributed by atoms with van der Waals surface area (Å²) in [6.07, 6.45) is 5.56. The van der Waals surface area contributed by atoms with E-state index in [1.165, 1.54) is 4.90 Å². The topological polar surface area (TPSA) is 57.6 Å². The number of rotatable bonds is 2. The highest BCUT2D eigenvalue weighted by Gasteiger charge is 2.41. The van der Waals surface area contributed by atoms with Gasteiger partial charge in [0.15, 0.2) is 0 Å². The predicted molar refractivity (Wildman–Crippen MR) is 50.4 cm³/mol. The van der Waals surface area contributed by atoms with Crippen molar-refractivity contribution in [3.05, 3.63) is 0 Å². The lowest BCUT2D eigenvalue weighted by molar-refractivity contribution is -0.147. The monoisotopic (exact) mass is 195 g/mol. The molecule has 0 aromatic rings. The van der Waals surface area contributed by atoms with E-state index < -0.39 is 11.4 Å². The van der Waals surface area contributed by atoms with E-state index in [1.807, 2.05) is 0 Å². The summed E-state index contributed by atoms with van der Waals surface area (Å²) < 4.78 is 0. The first-order valence-electron chi connectivity index (χ1n) is 4.44. The van der Waals surface area contributed by atoms with E-state index in [2.05, 4.69) is 5.92 Å². The van der Waals surface area contributed by atoms with Gasteiger partial charge in [0, 0.05) is 13.1 Å². The molecular weight excluding hydrogens is 182 g/mol. The second-order valence-corrected chi connectivity index (χ2v) is 3.81. The van der Waals surface area contributed by atoms with Gasteiger partial charge in [0.1, 0.15) is 0 Å². The summed E-state index contributed by atoms with van der Waals surface area (Å²) in [5, 5.41) is 8.92. The van der Waals surface area contributed by atoms with Gasteiger partial charge < -0.3 is 10.0 Å². The zero-order valence-corrected chi connectivity index (χ0v) is 8.12. The van der Waals surface area contributed by atoms with E-state index in [0.717, 1.165) is 0 Å². The van der Waals surface area contributed by atoms with Crippen molar-refractivity contribution < 1.29 is 14.7 Å². The van der Waals surface area contributed by atoms with Gasteiger partial charge in [0.25, 0.3) is 0 Å². The lowest BCUT2D eigenvalue weighted by Crippen LogP contribution is -2.34. The Kier molecular flexibility index (Phi) is 2.80. The zero-order valence-electron chi connectivity index (χ0n) is 8.12. The fraction of sp³-hybridized carbons (Fsp3) is 0.600. The summed E-state index contributed by atoms with van der Waals surface area (Å²) in [7, 11) is 0. The van der Waals surface area contributed by atoms with Crippen molar-refractivity contribution in [2.45, 2.75) is 19.8 Å². The van der Waals surface area contributed by atoms with Gasteiger partial charge in [-0.05, 0) is 13.3 Å². The maximum absolute atomic E-state index is 11.3. The van der Waals surface area contributed by atoms with Crippen molar-refractivity contribution in [2.75, 3.05) is 13.1 Å². The average molecular weight is 195 g/mol. The number of carbonyl (C=O) groups is 2. The van der Waals surface area contributed by atoms with Crippen LogP contribution in [0.25, 0.3) is 0 Å². The van der Waals surface area contributed by atoms with Crippen molar-refractivity contribution in [1.82, 2.24) is 4.90 Å². The van der Waals surface area contributed by atoms with Crippen molar-refractivity contribution in [3.63, 3.8) is 0 Å². The fourth-order valence-electron chi connectivity index (χ4n) is 1.55. The molecule has 0 aromatic carbocycles. The van der Waals surface area contributed by atoms with Crippen LogP contribution in [0, 0.1) is 17.8 Å². The predicted octanol–water partition coefficient (Wildman–Crippen LogP) is 0.333. The molecule has 1 N–H and O–H groups in total. The summed E-state index contributed by atoms with van der Waals surface area (Å²) in [6, 6.07) is 0. The van der Waals surface area contributed by atoms with Gasteiger partial charge in [-0.15, -0.1) is 6.42 Å². The van der Waals surface area contributed by atoms with Crippen molar-refractivity contribution >= 4 is 11.9 Å². The fourth-order valence-corrected chi connectivity index (χ4v) is 1.55. The van der Waals surface area contributed by atoms with Gasteiger partial charge in [0.2, 0.25) is 5.91 Å². The molecule has 0 radical (unpaired) electrons. The van der Waals surface area contributed by atoms with Gasteiger partial charge in [-0.1, -0.05) is 5.92 Å². The van der Waals surface area contributed by atoms with Crippen LogP contribution in [-0.2, 0) is 9.59 Å². The number of hydrogen-bond donors (Lipinski definition) is 1. The third kappa shape index (κ3) is 1.87. The number of carbonyl (C=O) groups excluding carboxylic acids is 1. The third-order valence-electron chi connectivity index (χ3n) is 2.60. The van der Waals surface area contributed by atoms with Crippen LogP contribution in [0.1, 0.15) is 19.8 Å². The standard InChI is InChI=1S/C10H13NO3/c1-3-4-8(12)11-6-5-10(2,7-11)9(13)14/h1H,4-7H2,2H3,(H,13,14). The Hall–Kier alpha value is -1.50. The van der Waals surface area contributed by atoms with Crippen LogP contribution < -0.4 is 0 Å². The van der Waals surface area contributed by atoms with Crippen molar-refractivity contribution in [2.24, 2.45) is 5.41 Å². The molecule has 1 unspecified atom stereocenters. The second kappa shape index (κ2) is 3.70. The molecule has 1 saturated heterocycles. The average Bonchev–Trinajstić information content (AvgIpc) is 2.50. The molecule has 1 fully saturated rings. The number of carboxylic acid groups (broad SMARTS) is 1. The Morgan fingerprint density at radius 1 is 1.64 bits per heavy atom. The Labute approximate surface area is 82.9 Å². The van der Waals surface area contributed by atoms with Crippen LogP contribution in [0.15, 0.2) is 0 Å². The minimum absolute atomic E-state index is 0.0513. The molecule has 1 atom stereocenters. The Morgan fingerprint density at radius 3 is 2.71 bits per heavy atom. The Morgan fingerprint density at radius 2 is 2.29 bits per heavy atom. The van der Waals surface area contributed by atoms with Gasteiger partial charge in [0.05, 0.1) is 11.8 Å². The number of aliphatic carboxylic acids is 1. The molecule has 1 rings (SSSR count). The molecule has 0 saturated carbocycles. The maximum Gasteiger partial charge on any atom is 0.311 e. The second-order valence-electron chi connectivity index (χ2n) is 3.81. The van der Waals surface area contributed by atoms with Gasteiger partial charge in [-0.2, -0.15) is 0 Å². The molecule has 0 spiro atoms. The molecule has 1 amide bonds. The Balaban J connectivity index is 2.62. The van der Waals surface area contributed by atoms with Gasteiger partial charge >= 0.3 is 5.97 Å². The van der Waals surface area contributed by atoms with Crippen molar-refractivity contribution in [1.29, 1.82) is 0 Å². The molecule has 1 aliphatic rings. The lowest BCUT2D eigenvalue weighted by Gasteiger charge is -2.19. The van der Waals surface area contributed by atoms with Gasteiger partial charge in [-0.3, -0.25) is 9.59 Å². The van der Waals surface area contributed by atoms with Crippen LogP contribution in [0.5, 0.6) is 0 Å². The SMILES string of the molecule is C#CCC(=O)N1CCC(C)(C(=O)O)C1. The minimum atomic E-state index is -0.853. The number of carboxylic acids is 1. The quantitative estimate of drug-likeness (QED) is 0.646. The van der Waals surface area contributed by atoms with Crippen LogP contribution in [0.4, 0.5) is 0 Å². The highest BCUT2D eigenvalue weighted by Crippen LogP contribution is 2.30. The molecule has 4 heteroatoms. The first kappa shape index (κ1) is 10.6. The summed E-state index contributed by atoms with van der Waals surface area (Å²) in [4.78, 5) is 23.7. The van der Waals surface area contributed by atoms with Crippen molar-refractivity contribution in [3.8, 4) is 12.3 Å². The summed E-state index contributed by atoms with van der Waals surface area (Å²) in [5.74, 6) is 1.25. The summed E-state index contributed by atoms with van der Waals surface area (Å²) in [5.41, 5.74) is -0.801. The molecule has 0 aliphatic carbocycles. The maximum atomic E-state index is 11.3. The van der Waals surface area contributed by atoms with E-state index in [9.17, 15) is 9.59 Å². The Bertz CT molecular complexity index is 305. The molecule has 4 nitrogen and oxygen atoms in total. The van der Waals surface area contributed by atoms with E-state index in [1.54, 1.807) is 6.92 Å². The first-order chi connectivity index (χ1) is 6.49. The van der Waals surface area contributed by atoms with E-state index in [-0.39, 0.29) is 18.9 Å². The van der Waals surface area contributed by atoms with E-state index >= 15 is 0 Å². The van der Waals surface area contributed by atoms with Gasteiger partial charge in [-0.25, -0.2) is 0 Å². The number of hydrogen-bond acceptors (Lipinski definition) is 2. The number of nitrogens with zero attached hydrogens (tertiary/aromatic N) is 1. The van der Waals surface area contributed by atoms with Crippen LogP contribution in [0.3, 0.4) is 0 Å². The highest BCUT2D eigenvalue weighted by molar-refractivity contribution is 5.81. The van der Waals surface area contributed by atoms with Crippen LogP contribution >= 0.6 is 0 Å². The molecule has 14 heavy (non-hydrogen) atoms. The van der Waals surface area contributed by atoms with Crippen LogP contribution in [-0.4, -0.2) is 35.0 Å². The smallest absolute Gasteiger partial charge is 0.311 e. The first-order valence-corrected chi connectivity index (χ1v) is 4.44. The number of terminal acetylenes is 1. The summed E-state index contributed by atoms with van der Waals surface area (Å²) in [6.45, 7) is 2.41. The van der Waals surface area contributed by atoms with E-state index in [4.69, 9.17) is 11.5 Å². The van der Waals surface area contributed by atoms with E-state index in [0.29, 0.717) is 13.0 Å². The molecule has 0 bridgehead atoms. The largest absolute Gasteiger partial charge is 0.481 e. The molecule has 1 aliphatic heterocycles. The molecule has 76 valence electrons. The molecule has 1 heterocycles. The lowest BCUT2D eigenvalue weighted by atomic mass is 9.90. The zero-order chi connectivity index (χ0) is 10.8. The summed E-state index contributed by atoms with van der Waals surface area (Å²) >= 11 is 0. The third-order valence-corrected chi connectivity index (χ3v) is 2.60. The normalized spacial score (nSPS) is 25.9. The molecular formula is C10H13NO3. The number of amides is 1. The highest BCUT2D eigenvalue weighted by atomic mass is 16.4. The number of likely N-dealkylation sites (tertiary alicyclic amines) is 1. The van der Waals surface area contributed by atoms with Crippen LogP contribution in [0.2, 0.25) is 0 Å².